The molecule has 123 valence electrons. The number of hydrogen-bond donors (Lipinski definition) is 0. The Morgan fingerprint density at radius 1 is 1.08 bits per heavy atom. The van der Waals surface area contributed by atoms with Crippen molar-refractivity contribution >= 4 is 28.3 Å². The molecule has 0 bridgehead atoms. The van der Waals surface area contributed by atoms with Crippen LogP contribution in [0.2, 0.25) is 5.02 Å². The smallest absolute Gasteiger partial charge is 0.159 e. The first kappa shape index (κ1) is 17.3. The molecule has 24 heavy (non-hydrogen) atoms. The molecule has 1 aliphatic heterocycles. The molecule has 1 saturated heterocycles. The first-order chi connectivity index (χ1) is 11.2. The van der Waals surface area contributed by atoms with Crippen molar-refractivity contribution in [2.24, 2.45) is 5.92 Å². The summed E-state index contributed by atoms with van der Waals surface area (Å²) in [6.07, 6.45) is 5.92. The van der Waals surface area contributed by atoms with Crippen LogP contribution >= 0.6 is 11.6 Å². The van der Waals surface area contributed by atoms with Gasteiger partial charge in [-0.15, -0.1) is 5.10 Å². The molecular formula is C18H18ClN4V-. The Morgan fingerprint density at radius 3 is 2.50 bits per heavy atom. The maximum Gasteiger partial charge on any atom is 0.159 e. The molecule has 0 aliphatic carbocycles. The van der Waals surface area contributed by atoms with E-state index in [2.05, 4.69) is 16.8 Å². The van der Waals surface area contributed by atoms with E-state index < -0.39 is 0 Å². The van der Waals surface area contributed by atoms with Gasteiger partial charge < -0.3 is 11.8 Å². The van der Waals surface area contributed by atoms with Gasteiger partial charge >= 0.3 is 0 Å². The fourth-order valence-corrected chi connectivity index (χ4v) is 3.23. The SMILES string of the molecule is [CH2-]C1CCN(c2nn(-c3ccc(Cl)cc3)c3cnccc23)CC1.[V]. The topological polar surface area (TPSA) is 34.0 Å². The zero-order valence-electron chi connectivity index (χ0n) is 13.3. The summed E-state index contributed by atoms with van der Waals surface area (Å²) >= 11 is 6.00. The molecule has 0 spiro atoms. The van der Waals surface area contributed by atoms with Crippen molar-refractivity contribution in [2.45, 2.75) is 12.8 Å². The molecule has 6 heteroatoms. The van der Waals surface area contributed by atoms with E-state index in [1.165, 1.54) is 0 Å². The predicted molar refractivity (Wildman–Crippen MR) is 94.2 cm³/mol. The Morgan fingerprint density at radius 2 is 1.79 bits per heavy atom. The first-order valence-electron chi connectivity index (χ1n) is 7.89. The van der Waals surface area contributed by atoms with Crippen LogP contribution in [-0.4, -0.2) is 27.9 Å². The summed E-state index contributed by atoms with van der Waals surface area (Å²) < 4.78 is 1.95. The summed E-state index contributed by atoms with van der Waals surface area (Å²) in [7, 11) is 0. The van der Waals surface area contributed by atoms with Crippen LogP contribution in [0.5, 0.6) is 0 Å². The quantitative estimate of drug-likeness (QED) is 0.631. The van der Waals surface area contributed by atoms with E-state index in [9.17, 15) is 0 Å². The third-order valence-corrected chi connectivity index (χ3v) is 4.70. The number of hydrogen-bond acceptors (Lipinski definition) is 3. The molecule has 0 amide bonds. The van der Waals surface area contributed by atoms with E-state index in [0.29, 0.717) is 5.92 Å². The van der Waals surface area contributed by atoms with Gasteiger partial charge in [0.15, 0.2) is 5.82 Å². The number of anilines is 1. The molecule has 0 atom stereocenters. The molecule has 1 radical (unpaired) electrons. The number of piperidine rings is 1. The van der Waals surface area contributed by atoms with Crippen LogP contribution in [-0.2, 0) is 18.6 Å². The van der Waals surface area contributed by atoms with Gasteiger partial charge in [-0.05, 0) is 30.3 Å². The van der Waals surface area contributed by atoms with Gasteiger partial charge in [0.05, 0.1) is 17.4 Å². The molecule has 1 fully saturated rings. The van der Waals surface area contributed by atoms with Gasteiger partial charge in [-0.2, -0.15) is 5.92 Å². The molecule has 4 nitrogen and oxygen atoms in total. The number of fused-ring (bicyclic) bond motifs is 1. The average molecular weight is 377 g/mol. The minimum Gasteiger partial charge on any atom is -0.355 e. The van der Waals surface area contributed by atoms with Gasteiger partial charge in [0.2, 0.25) is 0 Å². The standard InChI is InChI=1S/C18H18ClN4.V/c1-13-7-10-22(11-8-13)18-16-6-9-20-12-17(16)23(21-18)15-4-2-14(19)3-5-15;/h2-6,9,12-13H,1,7-8,10-11H2;/q-1;. The van der Waals surface area contributed by atoms with Gasteiger partial charge in [0.25, 0.3) is 0 Å². The monoisotopic (exact) mass is 376 g/mol. The molecular weight excluding hydrogens is 359 g/mol. The fourth-order valence-electron chi connectivity index (χ4n) is 3.10. The van der Waals surface area contributed by atoms with Crippen molar-refractivity contribution in [3.05, 3.63) is 54.7 Å². The van der Waals surface area contributed by atoms with E-state index in [1.54, 1.807) is 0 Å². The molecule has 2 aromatic heterocycles. The van der Waals surface area contributed by atoms with Crippen LogP contribution in [0.25, 0.3) is 16.6 Å². The van der Waals surface area contributed by atoms with E-state index in [1.807, 2.05) is 47.4 Å². The number of nitrogens with zero attached hydrogens (tertiary/aromatic N) is 4. The number of aromatic nitrogens is 3. The molecule has 1 aliphatic rings. The van der Waals surface area contributed by atoms with Crippen molar-refractivity contribution in [1.82, 2.24) is 14.8 Å². The fraction of sp³-hybridized carbons (Fsp3) is 0.278. The minimum atomic E-state index is 0. The number of rotatable bonds is 2. The number of pyridine rings is 1. The van der Waals surface area contributed by atoms with Crippen LogP contribution in [0.1, 0.15) is 12.8 Å². The van der Waals surface area contributed by atoms with Gasteiger partial charge in [-0.1, -0.05) is 24.4 Å². The van der Waals surface area contributed by atoms with Crippen LogP contribution in [0.3, 0.4) is 0 Å². The van der Waals surface area contributed by atoms with Gasteiger partial charge in [-0.25, -0.2) is 4.68 Å². The molecule has 0 saturated carbocycles. The van der Waals surface area contributed by atoms with Crippen molar-refractivity contribution < 1.29 is 18.6 Å². The van der Waals surface area contributed by atoms with E-state index in [4.69, 9.17) is 16.7 Å². The van der Waals surface area contributed by atoms with E-state index >= 15 is 0 Å². The maximum absolute atomic E-state index is 6.00. The number of benzene rings is 1. The summed E-state index contributed by atoms with van der Waals surface area (Å²) in [4.78, 5) is 6.63. The zero-order chi connectivity index (χ0) is 15.8. The molecule has 1 aromatic carbocycles. The van der Waals surface area contributed by atoms with Gasteiger partial charge in [-0.3, -0.25) is 4.98 Å². The van der Waals surface area contributed by atoms with Crippen molar-refractivity contribution in [2.75, 3.05) is 18.0 Å². The second kappa shape index (κ2) is 7.18. The summed E-state index contributed by atoms with van der Waals surface area (Å²) in [5.74, 6) is 1.58. The summed E-state index contributed by atoms with van der Waals surface area (Å²) in [6.45, 7) is 6.18. The molecule has 3 aromatic rings. The predicted octanol–water partition coefficient (Wildman–Crippen LogP) is 4.12. The van der Waals surface area contributed by atoms with Crippen LogP contribution in [0, 0.1) is 12.8 Å². The Balaban J connectivity index is 0.00000169. The Bertz CT molecular complexity index is 823. The minimum absolute atomic E-state index is 0. The summed E-state index contributed by atoms with van der Waals surface area (Å²) in [5.41, 5.74) is 2.01. The van der Waals surface area contributed by atoms with Crippen LogP contribution in [0.15, 0.2) is 42.7 Å². The average Bonchev–Trinajstić information content (AvgIpc) is 2.96. The zero-order valence-corrected chi connectivity index (χ0v) is 15.4. The third-order valence-electron chi connectivity index (χ3n) is 4.45. The maximum atomic E-state index is 6.00. The Labute approximate surface area is 158 Å². The summed E-state index contributed by atoms with van der Waals surface area (Å²) in [6, 6.07) is 9.77. The second-order valence-electron chi connectivity index (χ2n) is 6.04. The Kier molecular flexibility index (Phi) is 5.19. The molecule has 4 rings (SSSR count). The van der Waals surface area contributed by atoms with Gasteiger partial charge in [0, 0.05) is 48.3 Å². The molecule has 0 N–H and O–H groups in total. The normalized spacial score (nSPS) is 15.5. The second-order valence-corrected chi connectivity index (χ2v) is 6.47. The van der Waals surface area contributed by atoms with Crippen molar-refractivity contribution in [3.8, 4) is 5.69 Å². The summed E-state index contributed by atoms with van der Waals surface area (Å²) in [5, 5.41) is 6.74. The number of halogens is 1. The first-order valence-corrected chi connectivity index (χ1v) is 8.27. The van der Waals surface area contributed by atoms with Crippen molar-refractivity contribution in [1.29, 1.82) is 0 Å². The third kappa shape index (κ3) is 3.19. The van der Waals surface area contributed by atoms with Crippen LogP contribution in [0.4, 0.5) is 5.82 Å². The van der Waals surface area contributed by atoms with E-state index in [-0.39, 0.29) is 18.6 Å². The van der Waals surface area contributed by atoms with Gasteiger partial charge in [0.1, 0.15) is 0 Å². The largest absolute Gasteiger partial charge is 0.355 e. The van der Waals surface area contributed by atoms with Crippen LogP contribution < -0.4 is 4.90 Å². The molecule has 3 heterocycles. The molecule has 0 unspecified atom stereocenters. The van der Waals surface area contributed by atoms with E-state index in [0.717, 1.165) is 53.4 Å². The van der Waals surface area contributed by atoms with Crippen molar-refractivity contribution in [3.63, 3.8) is 0 Å². The Hall–Kier alpha value is -1.49.